The molecule has 33 heavy (non-hydrogen) atoms. The quantitative estimate of drug-likeness (QED) is 0.321. The molecule has 174 valence electrons. The van der Waals surface area contributed by atoms with E-state index in [1.54, 1.807) is 43.1 Å². The molecule has 0 aliphatic carbocycles. The summed E-state index contributed by atoms with van der Waals surface area (Å²) in [5, 5.41) is 8.90. The molecule has 0 unspecified atom stereocenters. The van der Waals surface area contributed by atoms with Crippen molar-refractivity contribution in [3.05, 3.63) is 71.2 Å². The van der Waals surface area contributed by atoms with Crippen molar-refractivity contribution >= 4 is 40.7 Å². The van der Waals surface area contributed by atoms with Gasteiger partial charge in [0.25, 0.3) is 0 Å². The van der Waals surface area contributed by atoms with Crippen LogP contribution in [0.2, 0.25) is 0 Å². The maximum atomic E-state index is 13.4. The molecule has 0 bridgehead atoms. The lowest BCUT2D eigenvalue weighted by atomic mass is 9.95. The number of carbonyl (C=O) groups excluding carboxylic acids is 2. The van der Waals surface area contributed by atoms with Crippen LogP contribution < -0.4 is 16.0 Å². The van der Waals surface area contributed by atoms with Crippen molar-refractivity contribution in [1.82, 2.24) is 10.2 Å². The van der Waals surface area contributed by atoms with Crippen LogP contribution in [-0.4, -0.2) is 49.4 Å². The van der Waals surface area contributed by atoms with Crippen LogP contribution in [0.15, 0.2) is 59.8 Å². The number of allylic oxidation sites excluding steroid dienone is 1. The van der Waals surface area contributed by atoms with Crippen LogP contribution in [0.4, 0.5) is 20.6 Å². The lowest BCUT2D eigenvalue weighted by molar-refractivity contribution is -0.140. The van der Waals surface area contributed by atoms with Gasteiger partial charge < -0.3 is 30.3 Å². The second-order valence-electron chi connectivity index (χ2n) is 7.28. The standard InChI is InChI=1S/C23H25FN4O4S/c1-14-19(21(29)32-11-10-31-3)20(27-23(33)28(14)2)15-6-4-8-17(12-15)25-22(30)26-18-9-5-7-16(24)13-18/h4-9,12-13,20H,10-11H2,1-3H3,(H,27,33)(H2,25,26,30)/t20-/m0/s1. The van der Waals surface area contributed by atoms with E-state index < -0.39 is 23.9 Å². The first-order chi connectivity index (χ1) is 15.8. The highest BCUT2D eigenvalue weighted by Gasteiger charge is 2.33. The SMILES string of the molecule is COCCOC(=O)C1=C(C)N(C)C(=S)N[C@H]1c1cccc(NC(=O)Nc2cccc(F)c2)c1. The second-order valence-corrected chi connectivity index (χ2v) is 7.67. The number of methoxy groups -OCH3 is 1. The van der Waals surface area contributed by atoms with Crippen molar-refractivity contribution in [1.29, 1.82) is 0 Å². The number of hydrogen-bond acceptors (Lipinski definition) is 5. The zero-order chi connectivity index (χ0) is 24.0. The highest BCUT2D eigenvalue weighted by atomic mass is 32.1. The first-order valence-corrected chi connectivity index (χ1v) is 10.6. The molecule has 1 heterocycles. The third-order valence-electron chi connectivity index (χ3n) is 5.05. The van der Waals surface area contributed by atoms with E-state index in [0.29, 0.717) is 33.3 Å². The number of urea groups is 1. The van der Waals surface area contributed by atoms with Gasteiger partial charge >= 0.3 is 12.0 Å². The van der Waals surface area contributed by atoms with Gasteiger partial charge in [-0.15, -0.1) is 0 Å². The number of nitrogens with zero attached hydrogens (tertiary/aromatic N) is 1. The van der Waals surface area contributed by atoms with Gasteiger partial charge in [-0.25, -0.2) is 14.0 Å². The molecule has 2 amide bonds. The summed E-state index contributed by atoms with van der Waals surface area (Å²) in [6, 6.07) is 11.5. The molecular formula is C23H25FN4O4S. The first-order valence-electron chi connectivity index (χ1n) is 10.1. The molecule has 1 atom stereocenters. The minimum absolute atomic E-state index is 0.120. The first kappa shape index (κ1) is 24.1. The molecule has 3 N–H and O–H groups in total. The fourth-order valence-electron chi connectivity index (χ4n) is 3.30. The Labute approximate surface area is 196 Å². The molecule has 1 aliphatic rings. The summed E-state index contributed by atoms with van der Waals surface area (Å²) >= 11 is 5.41. The Morgan fingerprint density at radius 1 is 1.12 bits per heavy atom. The zero-order valence-corrected chi connectivity index (χ0v) is 19.3. The molecule has 1 aliphatic heterocycles. The van der Waals surface area contributed by atoms with E-state index in [2.05, 4.69) is 16.0 Å². The number of carbonyl (C=O) groups is 2. The molecular weight excluding hydrogens is 447 g/mol. The molecule has 0 fully saturated rings. The average molecular weight is 473 g/mol. The minimum atomic E-state index is -0.572. The lowest BCUT2D eigenvalue weighted by Gasteiger charge is -2.35. The molecule has 0 radical (unpaired) electrons. The number of benzene rings is 2. The van der Waals surface area contributed by atoms with Gasteiger partial charge in [0.05, 0.1) is 18.2 Å². The van der Waals surface area contributed by atoms with E-state index in [9.17, 15) is 14.0 Å². The van der Waals surface area contributed by atoms with Crippen LogP contribution in [0.5, 0.6) is 0 Å². The van der Waals surface area contributed by atoms with Gasteiger partial charge in [-0.2, -0.15) is 0 Å². The largest absolute Gasteiger partial charge is 0.460 e. The third kappa shape index (κ3) is 6.05. The Balaban J connectivity index is 1.82. The number of nitrogens with one attached hydrogen (secondary N) is 3. The number of esters is 1. The summed E-state index contributed by atoms with van der Waals surface area (Å²) in [6.45, 7) is 2.20. The van der Waals surface area contributed by atoms with Crippen LogP contribution in [0, 0.1) is 5.82 Å². The molecule has 0 saturated carbocycles. The summed E-state index contributed by atoms with van der Waals surface area (Å²) in [6.07, 6.45) is 0. The number of rotatable bonds is 7. The van der Waals surface area contributed by atoms with Crippen molar-refractivity contribution in [2.45, 2.75) is 13.0 Å². The average Bonchev–Trinajstić information content (AvgIpc) is 2.77. The van der Waals surface area contributed by atoms with E-state index in [-0.39, 0.29) is 13.2 Å². The predicted molar refractivity (Wildman–Crippen MR) is 127 cm³/mol. The summed E-state index contributed by atoms with van der Waals surface area (Å²) < 4.78 is 23.7. The van der Waals surface area contributed by atoms with Crippen molar-refractivity contribution in [2.24, 2.45) is 0 Å². The lowest BCUT2D eigenvalue weighted by Crippen LogP contribution is -2.46. The normalized spacial score (nSPS) is 15.7. The van der Waals surface area contributed by atoms with E-state index >= 15 is 0 Å². The third-order valence-corrected chi connectivity index (χ3v) is 5.45. The number of thiocarbonyl (C=S) groups is 1. The van der Waals surface area contributed by atoms with Gasteiger partial charge in [0.15, 0.2) is 5.11 Å². The van der Waals surface area contributed by atoms with Crippen LogP contribution in [0.3, 0.4) is 0 Å². The van der Waals surface area contributed by atoms with Gasteiger partial charge in [0.1, 0.15) is 12.4 Å². The Hall–Kier alpha value is -3.50. The number of anilines is 2. The van der Waals surface area contributed by atoms with Crippen molar-refractivity contribution in [3.8, 4) is 0 Å². The monoisotopic (exact) mass is 472 g/mol. The van der Waals surface area contributed by atoms with Crippen molar-refractivity contribution < 1.29 is 23.5 Å². The number of halogens is 1. The molecule has 10 heteroatoms. The van der Waals surface area contributed by atoms with E-state index in [1.165, 1.54) is 25.3 Å². The minimum Gasteiger partial charge on any atom is -0.460 e. The predicted octanol–water partition coefficient (Wildman–Crippen LogP) is 3.79. The summed E-state index contributed by atoms with van der Waals surface area (Å²) in [4.78, 5) is 26.9. The fraction of sp³-hybridized carbons (Fsp3) is 0.261. The van der Waals surface area contributed by atoms with E-state index in [1.807, 2.05) is 6.07 Å². The number of hydrogen-bond donors (Lipinski definition) is 3. The molecule has 0 spiro atoms. The van der Waals surface area contributed by atoms with Crippen LogP contribution >= 0.6 is 12.2 Å². The maximum absolute atomic E-state index is 13.4. The topological polar surface area (TPSA) is 91.9 Å². The van der Waals surface area contributed by atoms with Gasteiger partial charge in [-0.3, -0.25) is 0 Å². The zero-order valence-electron chi connectivity index (χ0n) is 18.5. The summed E-state index contributed by atoms with van der Waals surface area (Å²) in [5.74, 6) is -0.940. The Bertz CT molecular complexity index is 1090. The Morgan fingerprint density at radius 3 is 2.45 bits per heavy atom. The van der Waals surface area contributed by atoms with Gasteiger partial charge in [-0.1, -0.05) is 18.2 Å². The van der Waals surface area contributed by atoms with Crippen LogP contribution in [-0.2, 0) is 14.3 Å². The Kier molecular flexibility index (Phi) is 7.96. The van der Waals surface area contributed by atoms with Gasteiger partial charge in [0, 0.05) is 31.2 Å². The molecule has 8 nitrogen and oxygen atoms in total. The summed E-state index contributed by atoms with van der Waals surface area (Å²) in [7, 11) is 3.29. The number of ether oxygens (including phenoxy) is 2. The highest BCUT2D eigenvalue weighted by Crippen LogP contribution is 2.32. The molecule has 0 saturated heterocycles. The highest BCUT2D eigenvalue weighted by molar-refractivity contribution is 7.80. The number of amides is 2. The molecule has 2 aromatic carbocycles. The Morgan fingerprint density at radius 2 is 1.79 bits per heavy atom. The molecule has 3 rings (SSSR count). The second kappa shape index (κ2) is 10.9. The van der Waals surface area contributed by atoms with Gasteiger partial charge in [-0.05, 0) is 55.0 Å². The maximum Gasteiger partial charge on any atom is 0.338 e. The smallest absolute Gasteiger partial charge is 0.338 e. The summed E-state index contributed by atoms with van der Waals surface area (Å²) in [5.41, 5.74) is 2.58. The fourth-order valence-corrected chi connectivity index (χ4v) is 3.56. The molecule has 2 aromatic rings. The van der Waals surface area contributed by atoms with Crippen molar-refractivity contribution in [2.75, 3.05) is 38.0 Å². The van der Waals surface area contributed by atoms with Gasteiger partial charge in [0.2, 0.25) is 0 Å². The van der Waals surface area contributed by atoms with Crippen molar-refractivity contribution in [3.63, 3.8) is 0 Å². The van der Waals surface area contributed by atoms with E-state index in [4.69, 9.17) is 21.7 Å². The van der Waals surface area contributed by atoms with E-state index in [0.717, 1.165) is 0 Å². The molecule has 0 aromatic heterocycles. The van der Waals surface area contributed by atoms with Crippen LogP contribution in [0.1, 0.15) is 18.5 Å². The van der Waals surface area contributed by atoms with Crippen LogP contribution in [0.25, 0.3) is 0 Å².